The van der Waals surface area contributed by atoms with Crippen molar-refractivity contribution in [2.75, 3.05) is 23.3 Å². The number of fused-ring (bicyclic) bond motifs is 5. The van der Waals surface area contributed by atoms with Gasteiger partial charge >= 0.3 is 0 Å². The molecule has 4 N–H and O–H groups in total. The van der Waals surface area contributed by atoms with Crippen LogP contribution in [0, 0.1) is 11.3 Å². The minimum atomic E-state index is -4.27. The predicted molar refractivity (Wildman–Crippen MR) is 176 cm³/mol. The number of pyridine rings is 3. The number of rotatable bonds is 5. The molecule has 1 spiro atoms. The molecule has 3 aromatic heterocycles. The molecule has 45 heavy (non-hydrogen) atoms. The Morgan fingerprint density at radius 3 is 2.67 bits per heavy atom. The van der Waals surface area contributed by atoms with E-state index in [1.807, 2.05) is 18.3 Å². The zero-order valence-corrected chi connectivity index (χ0v) is 27.7. The molecule has 2 fully saturated rings. The second-order valence-electron chi connectivity index (χ2n) is 14.8. The van der Waals surface area contributed by atoms with Crippen molar-refractivity contribution in [3.8, 4) is 0 Å². The molecule has 0 aromatic carbocycles. The Morgan fingerprint density at radius 1 is 1.11 bits per heavy atom. The molecule has 1 saturated carbocycles. The largest absolute Gasteiger partial charge is 0.367 e. The first kappa shape index (κ1) is 31.4. The van der Waals surface area contributed by atoms with E-state index in [-0.39, 0.29) is 33.0 Å². The first-order valence-corrected chi connectivity index (χ1v) is 17.4. The highest BCUT2D eigenvalue weighted by atomic mass is 32.2. The Balaban J connectivity index is 1.41. The van der Waals surface area contributed by atoms with E-state index in [9.17, 15) is 13.2 Å². The number of nitrogens with zero attached hydrogens (tertiary/aromatic N) is 4. The number of hydrogen-bond donors (Lipinski definition) is 3. The zero-order valence-electron chi connectivity index (χ0n) is 26.9. The molecule has 5 heterocycles. The maximum Gasteiger partial charge on any atom is 0.281 e. The fourth-order valence-electron chi connectivity index (χ4n) is 7.30. The van der Waals surface area contributed by atoms with Gasteiger partial charge in [0, 0.05) is 47.5 Å². The van der Waals surface area contributed by atoms with Crippen molar-refractivity contribution in [1.29, 1.82) is 0 Å². The number of nitrogens with two attached hydrogens (primary N) is 1. The highest BCUT2D eigenvalue weighted by Crippen LogP contribution is 2.64. The number of sulfonamides is 1. The summed E-state index contributed by atoms with van der Waals surface area (Å²) in [7, 11) is -4.27. The third kappa shape index (κ3) is 6.42. The predicted octanol–water partition coefficient (Wildman–Crippen LogP) is 4.60. The van der Waals surface area contributed by atoms with Gasteiger partial charge in [0.05, 0.1) is 5.56 Å². The number of aryl methyl sites for hydroxylation is 1. The summed E-state index contributed by atoms with van der Waals surface area (Å²) in [5.41, 5.74) is 8.58. The van der Waals surface area contributed by atoms with Gasteiger partial charge in [-0.3, -0.25) is 9.78 Å². The monoisotopic (exact) mass is 631 g/mol. The van der Waals surface area contributed by atoms with Gasteiger partial charge in [-0.25, -0.2) is 14.7 Å². The Bertz CT molecular complexity index is 1720. The van der Waals surface area contributed by atoms with Gasteiger partial charge in [-0.1, -0.05) is 26.8 Å². The number of aromatic nitrogens is 3. The number of hydrogen-bond acceptors (Lipinski definition) is 9. The van der Waals surface area contributed by atoms with Crippen LogP contribution in [0.25, 0.3) is 0 Å². The molecule has 1 aliphatic carbocycles. The van der Waals surface area contributed by atoms with E-state index < -0.39 is 15.9 Å². The second kappa shape index (κ2) is 11.3. The Labute approximate surface area is 266 Å². The van der Waals surface area contributed by atoms with Crippen LogP contribution in [0.4, 0.5) is 11.6 Å². The van der Waals surface area contributed by atoms with Gasteiger partial charge in [-0.2, -0.15) is 8.42 Å². The number of carbonyl (C=O) groups is 1. The molecule has 3 aliphatic rings. The van der Waals surface area contributed by atoms with Gasteiger partial charge in [0.25, 0.3) is 15.9 Å². The highest BCUT2D eigenvalue weighted by Gasteiger charge is 2.63. The quantitative estimate of drug-likeness (QED) is 0.368. The van der Waals surface area contributed by atoms with Crippen molar-refractivity contribution in [2.24, 2.45) is 17.1 Å². The minimum Gasteiger partial charge on any atom is -0.367 e. The number of amides is 1. The molecule has 240 valence electrons. The van der Waals surface area contributed by atoms with Crippen LogP contribution in [0.1, 0.15) is 87.6 Å². The van der Waals surface area contributed by atoms with Crippen LogP contribution in [0.2, 0.25) is 0 Å². The lowest BCUT2D eigenvalue weighted by Crippen LogP contribution is -2.41. The maximum atomic E-state index is 13.7. The van der Waals surface area contributed by atoms with Crippen LogP contribution in [0.5, 0.6) is 0 Å². The van der Waals surface area contributed by atoms with Gasteiger partial charge in [-0.05, 0) is 106 Å². The Morgan fingerprint density at radius 2 is 1.91 bits per heavy atom. The van der Waals surface area contributed by atoms with E-state index in [2.05, 4.69) is 65.6 Å². The summed E-state index contributed by atoms with van der Waals surface area (Å²) in [5, 5.41) is 3.33. The van der Waals surface area contributed by atoms with E-state index in [0.717, 1.165) is 50.0 Å². The third-order valence-electron chi connectivity index (χ3n) is 9.64. The van der Waals surface area contributed by atoms with Gasteiger partial charge in [0.2, 0.25) is 0 Å². The Kier molecular flexibility index (Phi) is 7.92. The molecule has 6 rings (SSSR count). The molecule has 4 bridgehead atoms. The standard InChI is InChI=1S/C34H45N7O3S/c1-32(2,3)27-12-11-26-30(38-27)41-21-34(20-33(41,4)5)19-23(34)17-25(18-24-16-22(8-7-14-35)13-15-36-24)37-28-9-6-10-29(39-28)45(43,44)40-31(26)42/h6,9-13,15-16,23,25H,7-8,14,17-21,35H2,1-5H3,(H,37,39)(H,40,42). The van der Waals surface area contributed by atoms with Crippen molar-refractivity contribution in [1.82, 2.24) is 19.7 Å². The normalized spacial score (nSPS) is 25.2. The molecule has 2 aliphatic heterocycles. The molecule has 10 nitrogen and oxygen atoms in total. The number of anilines is 2. The summed E-state index contributed by atoms with van der Waals surface area (Å²) in [6, 6.07) is 12.5. The van der Waals surface area contributed by atoms with Gasteiger partial charge in [-0.15, -0.1) is 0 Å². The van der Waals surface area contributed by atoms with Crippen molar-refractivity contribution in [3.63, 3.8) is 0 Å². The molecular weight excluding hydrogens is 586 g/mol. The van der Waals surface area contributed by atoms with Gasteiger partial charge in [0.15, 0.2) is 5.03 Å². The van der Waals surface area contributed by atoms with Crippen LogP contribution >= 0.6 is 0 Å². The number of nitrogens with one attached hydrogen (secondary N) is 2. The van der Waals surface area contributed by atoms with Crippen LogP contribution < -0.4 is 20.7 Å². The summed E-state index contributed by atoms with van der Waals surface area (Å²) in [6.07, 6.45) is 7.27. The molecule has 3 unspecified atom stereocenters. The molecule has 1 saturated heterocycles. The lowest BCUT2D eigenvalue weighted by Gasteiger charge is -2.34. The van der Waals surface area contributed by atoms with Crippen LogP contribution in [-0.2, 0) is 28.3 Å². The minimum absolute atomic E-state index is 0.0214. The fourth-order valence-corrected chi connectivity index (χ4v) is 8.24. The lowest BCUT2D eigenvalue weighted by molar-refractivity contribution is 0.0981. The summed E-state index contributed by atoms with van der Waals surface area (Å²) in [4.78, 5) is 30.2. The molecule has 3 aromatic rings. The van der Waals surface area contributed by atoms with Crippen LogP contribution in [0.3, 0.4) is 0 Å². The van der Waals surface area contributed by atoms with Crippen LogP contribution in [0.15, 0.2) is 53.7 Å². The maximum absolute atomic E-state index is 13.7. The van der Waals surface area contributed by atoms with E-state index in [0.29, 0.717) is 30.5 Å². The SMILES string of the molecule is CC(C)(C)c1ccc2c(n1)N1CC3(CC3CC(Cc3cc(CCCN)ccn3)Nc3cccc(n3)S(=O)(=O)NC2=O)CC1(C)C. The Hall–Kier alpha value is -3.57. The van der Waals surface area contributed by atoms with Crippen LogP contribution in [-0.4, -0.2) is 53.9 Å². The molecule has 3 atom stereocenters. The summed E-state index contributed by atoms with van der Waals surface area (Å²) >= 11 is 0. The highest BCUT2D eigenvalue weighted by molar-refractivity contribution is 7.90. The lowest BCUT2D eigenvalue weighted by atomic mass is 9.90. The van der Waals surface area contributed by atoms with Crippen molar-refractivity contribution in [3.05, 3.63) is 71.2 Å². The first-order chi connectivity index (χ1) is 21.2. The van der Waals surface area contributed by atoms with Gasteiger partial charge in [0.1, 0.15) is 11.6 Å². The zero-order chi connectivity index (χ0) is 32.2. The molecular formula is C34H45N7O3S. The average Bonchev–Trinajstić information content (AvgIpc) is 3.53. The van der Waals surface area contributed by atoms with Crippen molar-refractivity contribution in [2.45, 2.75) is 95.2 Å². The summed E-state index contributed by atoms with van der Waals surface area (Å²) < 4.78 is 29.3. The topological polar surface area (TPSA) is 143 Å². The molecule has 1 amide bonds. The van der Waals surface area contributed by atoms with Crippen molar-refractivity contribution < 1.29 is 13.2 Å². The van der Waals surface area contributed by atoms with Crippen molar-refractivity contribution >= 4 is 27.6 Å². The number of carbonyl (C=O) groups excluding carboxylic acids is 1. The summed E-state index contributed by atoms with van der Waals surface area (Å²) in [5.74, 6) is 0.715. The fraction of sp³-hybridized carbons (Fsp3) is 0.529. The van der Waals surface area contributed by atoms with E-state index in [1.54, 1.807) is 18.2 Å². The average molecular weight is 632 g/mol. The van der Waals surface area contributed by atoms with Gasteiger partial charge < -0.3 is 16.0 Å². The smallest absolute Gasteiger partial charge is 0.281 e. The first-order valence-electron chi connectivity index (χ1n) is 15.9. The summed E-state index contributed by atoms with van der Waals surface area (Å²) in [6.45, 7) is 12.0. The molecule has 11 heteroatoms. The third-order valence-corrected chi connectivity index (χ3v) is 10.9. The van der Waals surface area contributed by atoms with E-state index in [1.165, 1.54) is 11.6 Å². The second-order valence-corrected chi connectivity index (χ2v) is 16.4. The van der Waals surface area contributed by atoms with E-state index in [4.69, 9.17) is 10.7 Å². The van der Waals surface area contributed by atoms with E-state index >= 15 is 0 Å². The molecule has 0 radical (unpaired) electrons.